The van der Waals surface area contributed by atoms with Crippen LogP contribution in [0, 0.1) is 29.6 Å². The molecular formula is C19H25O4P. The molecule has 1 aromatic carbocycles. The zero-order valence-corrected chi connectivity index (χ0v) is 14.9. The van der Waals surface area contributed by atoms with Gasteiger partial charge < -0.3 is 9.30 Å². The molecule has 4 aliphatic carbocycles. The summed E-state index contributed by atoms with van der Waals surface area (Å²) >= 11 is 0. The van der Waals surface area contributed by atoms with Crippen molar-refractivity contribution >= 4 is 13.1 Å². The lowest BCUT2D eigenvalue weighted by atomic mass is 9.52. The highest BCUT2D eigenvalue weighted by molar-refractivity contribution is 7.54. The molecule has 1 aliphatic heterocycles. The summed E-state index contributed by atoms with van der Waals surface area (Å²) in [5, 5.41) is 0.805. The van der Waals surface area contributed by atoms with Crippen molar-refractivity contribution in [2.75, 3.05) is 13.2 Å². The number of rotatable bonds is 5. The minimum atomic E-state index is -2.03. The Kier molecular flexibility index (Phi) is 3.96. The first-order valence-corrected chi connectivity index (χ1v) is 10.8. The van der Waals surface area contributed by atoms with Crippen LogP contribution in [0.15, 0.2) is 24.3 Å². The Bertz CT molecular complexity index is 614. The van der Waals surface area contributed by atoms with Crippen molar-refractivity contribution in [3.63, 3.8) is 0 Å². The predicted molar refractivity (Wildman–Crippen MR) is 91.9 cm³/mol. The maximum absolute atomic E-state index is 12.6. The Morgan fingerprint density at radius 2 is 1.71 bits per heavy atom. The van der Waals surface area contributed by atoms with E-state index in [0.29, 0.717) is 12.5 Å². The molecule has 0 radical (unpaired) electrons. The zero-order valence-electron chi connectivity index (χ0n) is 13.9. The molecule has 5 heteroatoms. The summed E-state index contributed by atoms with van der Waals surface area (Å²) in [6, 6.07) is 7.75. The quantitative estimate of drug-likeness (QED) is 0.602. The molecule has 5 aliphatic rings. The molecule has 2 atom stereocenters. The van der Waals surface area contributed by atoms with Crippen LogP contribution in [0.3, 0.4) is 0 Å². The van der Waals surface area contributed by atoms with Crippen LogP contribution in [0.2, 0.25) is 0 Å². The minimum Gasteiger partial charge on any atom is -0.493 e. The van der Waals surface area contributed by atoms with Gasteiger partial charge in [0.05, 0.1) is 11.9 Å². The van der Waals surface area contributed by atoms with Gasteiger partial charge >= 0.3 is 0 Å². The summed E-state index contributed by atoms with van der Waals surface area (Å²) in [4.78, 5) is 9.67. The van der Waals surface area contributed by atoms with Crippen LogP contribution in [0.4, 0.5) is 0 Å². The summed E-state index contributed by atoms with van der Waals surface area (Å²) in [5.41, 5.74) is 0. The lowest BCUT2D eigenvalue weighted by molar-refractivity contribution is -0.399. The maximum Gasteiger partial charge on any atom is 0.173 e. The Morgan fingerprint density at radius 1 is 1.04 bits per heavy atom. The van der Waals surface area contributed by atoms with Crippen LogP contribution in [0.5, 0.6) is 5.75 Å². The predicted octanol–water partition coefficient (Wildman–Crippen LogP) is 3.61. The van der Waals surface area contributed by atoms with Crippen LogP contribution < -0.4 is 10.0 Å². The molecular weight excluding hydrogens is 323 g/mol. The standard InChI is InChI=1S/C19H25O4P/c20-24(19-11-22-23-19)18-4-2-1-3-17(18)21-10-16-14-6-12-5-13(8-14)9-15(16)7-12/h1-4,12-16,19,24H,5-11H2. The SMILES string of the molecule is O=[PH](c1ccccc1OCC1C2CC3CC(C2)CC1C3)C1COO1. The monoisotopic (exact) mass is 348 g/mol. The smallest absolute Gasteiger partial charge is 0.173 e. The second kappa shape index (κ2) is 6.16. The number of para-hydroxylation sites is 1. The molecule has 1 aromatic rings. The van der Waals surface area contributed by atoms with Crippen molar-refractivity contribution in [2.24, 2.45) is 29.6 Å². The summed E-state index contributed by atoms with van der Waals surface area (Å²) in [5.74, 6) is 4.87. The van der Waals surface area contributed by atoms with Gasteiger partial charge in [-0.2, -0.15) is 0 Å². The first kappa shape index (κ1) is 15.4. The summed E-state index contributed by atoms with van der Waals surface area (Å²) in [7, 11) is -2.03. The number of hydrogen-bond acceptors (Lipinski definition) is 4. The van der Waals surface area contributed by atoms with E-state index in [0.717, 1.165) is 41.3 Å². The Hall–Kier alpha value is -0.830. The number of benzene rings is 1. The third-order valence-electron chi connectivity index (χ3n) is 6.70. The number of ether oxygens (including phenoxy) is 1. The normalized spacial score (nSPS) is 41.0. The van der Waals surface area contributed by atoms with E-state index >= 15 is 0 Å². The van der Waals surface area contributed by atoms with E-state index in [1.54, 1.807) is 0 Å². The van der Waals surface area contributed by atoms with Crippen molar-refractivity contribution in [2.45, 2.75) is 37.9 Å². The first-order valence-electron chi connectivity index (χ1n) is 9.32. The van der Waals surface area contributed by atoms with Gasteiger partial charge in [-0.3, -0.25) is 0 Å². The van der Waals surface area contributed by atoms with Gasteiger partial charge in [0, 0.05) is 0 Å². The molecule has 2 unspecified atom stereocenters. The third-order valence-corrected chi connectivity index (χ3v) is 8.49. The van der Waals surface area contributed by atoms with E-state index in [1.807, 2.05) is 24.3 Å². The van der Waals surface area contributed by atoms with Gasteiger partial charge in [-0.05, 0) is 73.8 Å². The van der Waals surface area contributed by atoms with Crippen LogP contribution in [-0.2, 0) is 14.3 Å². The molecule has 4 saturated carbocycles. The van der Waals surface area contributed by atoms with Crippen LogP contribution in [0.1, 0.15) is 32.1 Å². The van der Waals surface area contributed by atoms with Crippen molar-refractivity contribution in [3.05, 3.63) is 24.3 Å². The van der Waals surface area contributed by atoms with Crippen molar-refractivity contribution < 1.29 is 19.1 Å². The van der Waals surface area contributed by atoms with Gasteiger partial charge in [0.15, 0.2) is 5.85 Å². The van der Waals surface area contributed by atoms with E-state index in [2.05, 4.69) is 0 Å². The fraction of sp³-hybridized carbons (Fsp3) is 0.684. The van der Waals surface area contributed by atoms with Gasteiger partial charge in [0.1, 0.15) is 20.2 Å². The van der Waals surface area contributed by atoms with Gasteiger partial charge in [-0.15, -0.1) is 0 Å². The summed E-state index contributed by atoms with van der Waals surface area (Å²) < 4.78 is 18.9. The molecule has 130 valence electrons. The average Bonchev–Trinajstić information content (AvgIpc) is 2.52. The highest BCUT2D eigenvalue weighted by atomic mass is 31.1. The molecule has 1 heterocycles. The second-order valence-corrected chi connectivity index (χ2v) is 10.0. The van der Waals surface area contributed by atoms with Gasteiger partial charge in [0.2, 0.25) is 0 Å². The Balaban J connectivity index is 1.29. The molecule has 6 rings (SSSR count). The molecule has 0 N–H and O–H groups in total. The molecule has 1 saturated heterocycles. The molecule has 5 fully saturated rings. The molecule has 24 heavy (non-hydrogen) atoms. The topological polar surface area (TPSA) is 44.8 Å². The molecule has 0 spiro atoms. The highest BCUT2D eigenvalue weighted by Crippen LogP contribution is 2.56. The van der Waals surface area contributed by atoms with Gasteiger partial charge in [-0.1, -0.05) is 12.1 Å². The average molecular weight is 348 g/mol. The summed E-state index contributed by atoms with van der Waals surface area (Å²) in [6.07, 6.45) is 7.12. The van der Waals surface area contributed by atoms with Crippen molar-refractivity contribution in [1.82, 2.24) is 0 Å². The molecule has 4 nitrogen and oxygen atoms in total. The van der Waals surface area contributed by atoms with E-state index in [1.165, 1.54) is 32.1 Å². The van der Waals surface area contributed by atoms with E-state index in [9.17, 15) is 4.57 Å². The van der Waals surface area contributed by atoms with E-state index in [4.69, 9.17) is 14.5 Å². The van der Waals surface area contributed by atoms with Crippen molar-refractivity contribution in [1.29, 1.82) is 0 Å². The summed E-state index contributed by atoms with van der Waals surface area (Å²) in [6.45, 7) is 1.20. The van der Waals surface area contributed by atoms with Gasteiger partial charge in [0.25, 0.3) is 0 Å². The lowest BCUT2D eigenvalue weighted by Gasteiger charge is -2.54. The minimum absolute atomic E-state index is 0.291. The van der Waals surface area contributed by atoms with Crippen LogP contribution in [0.25, 0.3) is 0 Å². The van der Waals surface area contributed by atoms with Gasteiger partial charge in [-0.25, -0.2) is 9.78 Å². The Morgan fingerprint density at radius 3 is 2.33 bits per heavy atom. The molecule has 0 amide bonds. The van der Waals surface area contributed by atoms with Crippen molar-refractivity contribution in [3.8, 4) is 5.75 Å². The number of hydrogen-bond donors (Lipinski definition) is 0. The lowest BCUT2D eigenvalue weighted by Crippen LogP contribution is -2.47. The Labute approximate surface area is 143 Å². The van der Waals surface area contributed by atoms with E-state index in [-0.39, 0.29) is 5.85 Å². The fourth-order valence-electron chi connectivity index (χ4n) is 5.72. The van der Waals surface area contributed by atoms with Crippen LogP contribution >= 0.6 is 7.80 Å². The van der Waals surface area contributed by atoms with Crippen LogP contribution in [-0.4, -0.2) is 19.1 Å². The molecule has 0 aromatic heterocycles. The zero-order chi connectivity index (χ0) is 16.1. The highest BCUT2D eigenvalue weighted by Gasteiger charge is 2.48. The first-order chi connectivity index (χ1) is 11.8. The maximum atomic E-state index is 12.6. The third kappa shape index (κ3) is 2.64. The molecule has 4 bridgehead atoms. The van der Waals surface area contributed by atoms with E-state index < -0.39 is 7.80 Å². The largest absolute Gasteiger partial charge is 0.493 e. The second-order valence-electron chi connectivity index (χ2n) is 8.14. The fourth-order valence-corrected chi connectivity index (χ4v) is 7.10.